The van der Waals surface area contributed by atoms with E-state index in [-0.39, 0.29) is 23.9 Å². The van der Waals surface area contributed by atoms with Gasteiger partial charge in [-0.1, -0.05) is 12.1 Å². The van der Waals surface area contributed by atoms with Crippen LogP contribution in [0.2, 0.25) is 0 Å². The minimum absolute atomic E-state index is 0.181. The number of carbonyl (C=O) groups excluding carboxylic acids is 1. The van der Waals surface area contributed by atoms with E-state index in [1.54, 1.807) is 24.3 Å². The Kier molecular flexibility index (Phi) is 4.50. The van der Waals surface area contributed by atoms with Gasteiger partial charge in [-0.2, -0.15) is 0 Å². The molecule has 0 bridgehead atoms. The Bertz CT molecular complexity index is 670. The molecule has 0 aliphatic carbocycles. The third-order valence-corrected chi connectivity index (χ3v) is 2.84. The van der Waals surface area contributed by atoms with Gasteiger partial charge in [0, 0.05) is 12.7 Å². The molecule has 0 radical (unpaired) electrons. The van der Waals surface area contributed by atoms with Gasteiger partial charge in [-0.15, -0.1) is 0 Å². The Balaban J connectivity index is 2.07. The number of nitrogens with zero attached hydrogens (tertiary/aromatic N) is 1. The van der Waals surface area contributed by atoms with Crippen LogP contribution in [0.25, 0.3) is 0 Å². The fourth-order valence-corrected chi connectivity index (χ4v) is 1.82. The number of amides is 1. The predicted octanol–water partition coefficient (Wildman–Crippen LogP) is 1.72. The van der Waals surface area contributed by atoms with Crippen molar-refractivity contribution < 1.29 is 19.4 Å². The molecule has 0 saturated carbocycles. The van der Waals surface area contributed by atoms with Gasteiger partial charge in [0.25, 0.3) is 5.91 Å². The summed E-state index contributed by atoms with van der Waals surface area (Å²) in [4.78, 5) is 26.9. The maximum absolute atomic E-state index is 12.1. The highest BCUT2D eigenvalue weighted by Gasteiger charge is 2.12. The number of nitrogens with one attached hydrogen (secondary N) is 1. The van der Waals surface area contributed by atoms with Gasteiger partial charge in [-0.05, 0) is 29.8 Å². The number of benzene rings is 1. The van der Waals surface area contributed by atoms with Gasteiger partial charge in [0.15, 0.2) is 0 Å². The highest BCUT2D eigenvalue weighted by molar-refractivity contribution is 5.96. The van der Waals surface area contributed by atoms with Gasteiger partial charge in [-0.3, -0.25) is 4.79 Å². The molecule has 21 heavy (non-hydrogen) atoms. The maximum Gasteiger partial charge on any atom is 0.335 e. The molecule has 0 spiro atoms. The summed E-state index contributed by atoms with van der Waals surface area (Å²) in [6.07, 6.45) is 1.53. The Hall–Kier alpha value is -2.89. The molecule has 2 N–H and O–H groups in total. The number of carbonyl (C=O) groups is 2. The molecule has 0 aliphatic rings. The minimum Gasteiger partial charge on any atom is -0.480 e. The van der Waals surface area contributed by atoms with Gasteiger partial charge in [0.1, 0.15) is 5.56 Å². The number of aromatic carboxylic acids is 1. The number of carboxylic acid groups (broad SMARTS) is 1. The van der Waals surface area contributed by atoms with Crippen LogP contribution >= 0.6 is 0 Å². The lowest BCUT2D eigenvalue weighted by atomic mass is 10.1. The Morgan fingerprint density at radius 2 is 2.10 bits per heavy atom. The Labute approximate surface area is 121 Å². The van der Waals surface area contributed by atoms with Crippen LogP contribution in [0.1, 0.15) is 26.3 Å². The van der Waals surface area contributed by atoms with E-state index < -0.39 is 5.97 Å². The molecule has 0 saturated heterocycles. The van der Waals surface area contributed by atoms with Crippen LogP contribution in [0.4, 0.5) is 0 Å². The molecule has 2 rings (SSSR count). The summed E-state index contributed by atoms with van der Waals surface area (Å²) >= 11 is 0. The Morgan fingerprint density at radius 1 is 1.29 bits per heavy atom. The van der Waals surface area contributed by atoms with Crippen molar-refractivity contribution in [2.45, 2.75) is 6.54 Å². The zero-order valence-electron chi connectivity index (χ0n) is 11.4. The second kappa shape index (κ2) is 6.51. The molecule has 108 valence electrons. The van der Waals surface area contributed by atoms with Crippen molar-refractivity contribution in [3.63, 3.8) is 0 Å². The van der Waals surface area contributed by atoms with E-state index >= 15 is 0 Å². The topological polar surface area (TPSA) is 88.5 Å². The highest BCUT2D eigenvalue weighted by atomic mass is 16.5. The van der Waals surface area contributed by atoms with E-state index in [9.17, 15) is 9.59 Å². The van der Waals surface area contributed by atoms with Crippen LogP contribution < -0.4 is 10.1 Å². The van der Waals surface area contributed by atoms with Gasteiger partial charge < -0.3 is 15.2 Å². The molecule has 1 aromatic carbocycles. The maximum atomic E-state index is 12.1. The number of hydrogen-bond acceptors (Lipinski definition) is 4. The summed E-state index contributed by atoms with van der Waals surface area (Å²) < 4.78 is 5.02. The van der Waals surface area contributed by atoms with Crippen molar-refractivity contribution in [2.75, 3.05) is 7.11 Å². The smallest absolute Gasteiger partial charge is 0.335 e. The van der Waals surface area contributed by atoms with Crippen molar-refractivity contribution >= 4 is 11.9 Å². The van der Waals surface area contributed by atoms with Crippen LogP contribution in [0.5, 0.6) is 5.88 Å². The lowest BCUT2D eigenvalue weighted by Crippen LogP contribution is -2.23. The van der Waals surface area contributed by atoms with E-state index in [0.29, 0.717) is 11.1 Å². The number of hydrogen-bond donors (Lipinski definition) is 2. The monoisotopic (exact) mass is 286 g/mol. The number of methoxy groups -OCH3 is 1. The Morgan fingerprint density at radius 3 is 2.81 bits per heavy atom. The number of carboxylic acids is 1. The summed E-state index contributed by atoms with van der Waals surface area (Å²) in [7, 11) is 1.44. The molecule has 0 fully saturated rings. The van der Waals surface area contributed by atoms with E-state index in [1.165, 1.54) is 25.4 Å². The quantitative estimate of drug-likeness (QED) is 0.873. The summed E-state index contributed by atoms with van der Waals surface area (Å²) in [6.45, 7) is 0.220. The van der Waals surface area contributed by atoms with Gasteiger partial charge >= 0.3 is 5.97 Å². The second-order valence-electron chi connectivity index (χ2n) is 4.25. The molecule has 6 heteroatoms. The molecule has 6 nitrogen and oxygen atoms in total. The molecular weight excluding hydrogens is 272 g/mol. The van der Waals surface area contributed by atoms with Crippen LogP contribution in [0, 0.1) is 0 Å². The molecule has 0 atom stereocenters. The fourth-order valence-electron chi connectivity index (χ4n) is 1.82. The molecule has 0 aliphatic heterocycles. The number of pyridine rings is 1. The van der Waals surface area contributed by atoms with E-state index in [2.05, 4.69) is 10.3 Å². The lowest BCUT2D eigenvalue weighted by Gasteiger charge is -2.08. The molecule has 1 heterocycles. The van der Waals surface area contributed by atoms with Crippen molar-refractivity contribution in [1.29, 1.82) is 0 Å². The number of aromatic nitrogens is 1. The predicted molar refractivity (Wildman–Crippen MR) is 75.4 cm³/mol. The number of rotatable bonds is 5. The van der Waals surface area contributed by atoms with E-state index in [1.807, 2.05) is 0 Å². The SMILES string of the molecule is COc1ncccc1C(=O)NCc1cccc(C(=O)O)c1. The average molecular weight is 286 g/mol. The van der Waals surface area contributed by atoms with Crippen LogP contribution in [0.15, 0.2) is 42.6 Å². The minimum atomic E-state index is -1.00. The second-order valence-corrected chi connectivity index (χ2v) is 4.25. The van der Waals surface area contributed by atoms with E-state index in [4.69, 9.17) is 9.84 Å². The molecule has 1 aromatic heterocycles. The summed E-state index contributed by atoms with van der Waals surface area (Å²) in [5.74, 6) is -1.09. The van der Waals surface area contributed by atoms with Gasteiger partial charge in [0.05, 0.1) is 12.7 Å². The third kappa shape index (κ3) is 3.56. The summed E-state index contributed by atoms with van der Waals surface area (Å²) in [5.41, 5.74) is 1.21. The normalized spacial score (nSPS) is 9.95. The first-order valence-electron chi connectivity index (χ1n) is 6.21. The summed E-state index contributed by atoms with van der Waals surface area (Å²) in [6, 6.07) is 9.64. The van der Waals surface area contributed by atoms with Crippen LogP contribution in [-0.4, -0.2) is 29.1 Å². The lowest BCUT2D eigenvalue weighted by molar-refractivity contribution is 0.0696. The van der Waals surface area contributed by atoms with Crippen molar-refractivity contribution in [3.05, 3.63) is 59.3 Å². The largest absolute Gasteiger partial charge is 0.480 e. The first-order valence-corrected chi connectivity index (χ1v) is 6.21. The third-order valence-electron chi connectivity index (χ3n) is 2.84. The van der Waals surface area contributed by atoms with Crippen molar-refractivity contribution in [1.82, 2.24) is 10.3 Å². The average Bonchev–Trinajstić information content (AvgIpc) is 2.52. The first kappa shape index (κ1) is 14.5. The van der Waals surface area contributed by atoms with Gasteiger partial charge in [0.2, 0.25) is 5.88 Å². The molecule has 1 amide bonds. The molecular formula is C15H14N2O4. The van der Waals surface area contributed by atoms with E-state index in [0.717, 1.165) is 0 Å². The zero-order chi connectivity index (χ0) is 15.2. The van der Waals surface area contributed by atoms with Gasteiger partial charge in [-0.25, -0.2) is 9.78 Å². The first-order chi connectivity index (χ1) is 10.1. The number of ether oxygens (including phenoxy) is 1. The zero-order valence-corrected chi connectivity index (χ0v) is 11.4. The van der Waals surface area contributed by atoms with Crippen molar-refractivity contribution in [2.24, 2.45) is 0 Å². The summed E-state index contributed by atoms with van der Waals surface area (Å²) in [5, 5.41) is 11.6. The van der Waals surface area contributed by atoms with Crippen LogP contribution in [0.3, 0.4) is 0 Å². The fraction of sp³-hybridized carbons (Fsp3) is 0.133. The van der Waals surface area contributed by atoms with Crippen LogP contribution in [-0.2, 0) is 6.54 Å². The molecule has 0 unspecified atom stereocenters. The van der Waals surface area contributed by atoms with Crippen molar-refractivity contribution in [3.8, 4) is 5.88 Å². The molecule has 2 aromatic rings. The highest BCUT2D eigenvalue weighted by Crippen LogP contribution is 2.13. The standard InChI is InChI=1S/C15H14N2O4/c1-21-14-12(6-3-7-16-14)13(18)17-9-10-4-2-5-11(8-10)15(19)20/h2-8H,9H2,1H3,(H,17,18)(H,19,20).